The molecule has 1 heterocycles. The van der Waals surface area contributed by atoms with Gasteiger partial charge in [0.2, 0.25) is 10.0 Å². The maximum Gasteiger partial charge on any atom is 0.255 e. The summed E-state index contributed by atoms with van der Waals surface area (Å²) in [4.78, 5) is 17.8. The van der Waals surface area contributed by atoms with Gasteiger partial charge in [0.05, 0.1) is 15.1 Å². The minimum atomic E-state index is -3.64. The second-order valence-electron chi connectivity index (χ2n) is 7.89. The van der Waals surface area contributed by atoms with Crippen LogP contribution in [0.1, 0.15) is 28.8 Å². The van der Waals surface area contributed by atoms with Crippen LogP contribution in [0.25, 0.3) is 20.8 Å². The average Bonchev–Trinajstić information content (AvgIpc) is 3.46. The van der Waals surface area contributed by atoms with Crippen LogP contribution in [0.3, 0.4) is 0 Å². The van der Waals surface area contributed by atoms with Crippen molar-refractivity contribution in [3.8, 4) is 10.6 Å². The Morgan fingerprint density at radius 3 is 2.62 bits per heavy atom. The number of benzene rings is 3. The molecule has 1 amide bonds. The number of nitrogens with one attached hydrogen (secondary N) is 2. The van der Waals surface area contributed by atoms with E-state index >= 15 is 0 Å². The van der Waals surface area contributed by atoms with Gasteiger partial charge < -0.3 is 5.32 Å². The van der Waals surface area contributed by atoms with Crippen LogP contribution < -0.4 is 10.0 Å². The highest BCUT2D eigenvalue weighted by atomic mass is 32.2. The maximum atomic E-state index is 13.0. The van der Waals surface area contributed by atoms with Crippen LogP contribution >= 0.6 is 11.3 Å². The van der Waals surface area contributed by atoms with E-state index in [4.69, 9.17) is 0 Å². The Morgan fingerprint density at radius 1 is 1.03 bits per heavy atom. The number of thiazole rings is 1. The van der Waals surface area contributed by atoms with Gasteiger partial charge >= 0.3 is 0 Å². The highest BCUT2D eigenvalue weighted by Crippen LogP contribution is 2.31. The van der Waals surface area contributed by atoms with E-state index in [0.717, 1.165) is 33.6 Å². The normalized spacial score (nSPS) is 13.9. The fraction of sp³-hybridized carbons (Fsp3) is 0.167. The molecule has 1 fully saturated rings. The van der Waals surface area contributed by atoms with Gasteiger partial charge in [0.15, 0.2) is 0 Å². The zero-order valence-electron chi connectivity index (χ0n) is 17.3. The number of aromatic nitrogens is 1. The van der Waals surface area contributed by atoms with Gasteiger partial charge in [-0.25, -0.2) is 18.1 Å². The zero-order chi connectivity index (χ0) is 22.3. The number of amides is 1. The molecule has 0 aliphatic heterocycles. The molecule has 0 bridgehead atoms. The third-order valence-electron chi connectivity index (χ3n) is 5.32. The number of hydrogen-bond donors (Lipinski definition) is 2. The molecule has 1 aliphatic carbocycles. The van der Waals surface area contributed by atoms with Crippen LogP contribution in [0.2, 0.25) is 0 Å². The number of sulfonamides is 1. The molecule has 0 unspecified atom stereocenters. The Morgan fingerprint density at radius 2 is 1.84 bits per heavy atom. The molecule has 1 saturated carbocycles. The van der Waals surface area contributed by atoms with Crippen molar-refractivity contribution >= 4 is 43.2 Å². The summed E-state index contributed by atoms with van der Waals surface area (Å²) in [6, 6.07) is 20.1. The van der Waals surface area contributed by atoms with E-state index in [1.165, 1.54) is 12.1 Å². The molecule has 1 aliphatic rings. The number of anilines is 1. The van der Waals surface area contributed by atoms with Crippen molar-refractivity contribution in [3.05, 3.63) is 77.9 Å². The minimum Gasteiger partial charge on any atom is -0.322 e. The van der Waals surface area contributed by atoms with Crippen molar-refractivity contribution in [1.82, 2.24) is 9.71 Å². The fourth-order valence-corrected chi connectivity index (χ4v) is 5.72. The number of nitrogens with zero attached hydrogens (tertiary/aromatic N) is 1. The summed E-state index contributed by atoms with van der Waals surface area (Å²) in [5, 5.41) is 3.77. The van der Waals surface area contributed by atoms with Crippen molar-refractivity contribution in [2.45, 2.75) is 30.7 Å². The first kappa shape index (κ1) is 20.8. The number of rotatable bonds is 6. The van der Waals surface area contributed by atoms with Crippen LogP contribution in [-0.2, 0) is 10.0 Å². The molecule has 2 N–H and O–H groups in total. The molecule has 162 valence electrons. The first-order chi connectivity index (χ1) is 15.4. The molecule has 0 saturated heterocycles. The van der Waals surface area contributed by atoms with Crippen LogP contribution in [0.4, 0.5) is 5.69 Å². The largest absolute Gasteiger partial charge is 0.322 e. The van der Waals surface area contributed by atoms with E-state index in [0.29, 0.717) is 16.8 Å². The maximum absolute atomic E-state index is 13.0. The molecule has 5 rings (SSSR count). The molecule has 8 heteroatoms. The topological polar surface area (TPSA) is 88.2 Å². The summed E-state index contributed by atoms with van der Waals surface area (Å²) in [6.45, 7) is 1.79. The van der Waals surface area contributed by atoms with E-state index in [1.807, 2.05) is 42.5 Å². The first-order valence-electron chi connectivity index (χ1n) is 10.3. The molecule has 3 aromatic carbocycles. The summed E-state index contributed by atoms with van der Waals surface area (Å²) >= 11 is 1.59. The Labute approximate surface area is 190 Å². The van der Waals surface area contributed by atoms with Crippen LogP contribution in [0.15, 0.2) is 71.6 Å². The Kier molecular flexibility index (Phi) is 5.28. The van der Waals surface area contributed by atoms with Gasteiger partial charge in [-0.3, -0.25) is 4.79 Å². The number of para-hydroxylation sites is 1. The number of hydrogen-bond acceptors (Lipinski definition) is 5. The smallest absolute Gasteiger partial charge is 0.255 e. The lowest BCUT2D eigenvalue weighted by molar-refractivity contribution is 0.102. The molecule has 4 aromatic rings. The molecule has 6 nitrogen and oxygen atoms in total. The van der Waals surface area contributed by atoms with Gasteiger partial charge in [-0.1, -0.05) is 30.3 Å². The van der Waals surface area contributed by atoms with Crippen molar-refractivity contribution < 1.29 is 13.2 Å². The highest BCUT2D eigenvalue weighted by molar-refractivity contribution is 7.89. The summed E-state index contributed by atoms with van der Waals surface area (Å²) in [6.07, 6.45) is 1.70. The van der Waals surface area contributed by atoms with E-state index in [9.17, 15) is 13.2 Å². The predicted molar refractivity (Wildman–Crippen MR) is 128 cm³/mol. The van der Waals surface area contributed by atoms with Gasteiger partial charge in [0, 0.05) is 22.9 Å². The SMILES string of the molecule is Cc1ccc(S(=O)(=O)NC2CC2)cc1C(=O)Nc1cccc(-c2nc3ccccc3s2)c1. The Balaban J connectivity index is 1.40. The second-order valence-corrected chi connectivity index (χ2v) is 10.6. The lowest BCUT2D eigenvalue weighted by Gasteiger charge is -2.11. The zero-order valence-corrected chi connectivity index (χ0v) is 19.0. The van der Waals surface area contributed by atoms with Crippen molar-refractivity contribution in [3.63, 3.8) is 0 Å². The average molecular weight is 464 g/mol. The van der Waals surface area contributed by atoms with Crippen molar-refractivity contribution in [1.29, 1.82) is 0 Å². The van der Waals surface area contributed by atoms with Crippen molar-refractivity contribution in [2.75, 3.05) is 5.32 Å². The molecular weight excluding hydrogens is 442 g/mol. The Bertz CT molecular complexity index is 1410. The Hall–Kier alpha value is -3.07. The van der Waals surface area contributed by atoms with Crippen LogP contribution in [0, 0.1) is 6.92 Å². The van der Waals surface area contributed by atoms with E-state index in [-0.39, 0.29) is 16.8 Å². The number of carbonyl (C=O) groups is 1. The second kappa shape index (κ2) is 8.12. The third kappa shape index (κ3) is 4.29. The van der Waals surface area contributed by atoms with E-state index in [1.54, 1.807) is 30.4 Å². The monoisotopic (exact) mass is 463 g/mol. The summed E-state index contributed by atoms with van der Waals surface area (Å²) in [5.74, 6) is -0.354. The van der Waals surface area contributed by atoms with Gasteiger partial charge in [-0.2, -0.15) is 0 Å². The number of aryl methyl sites for hydroxylation is 1. The van der Waals surface area contributed by atoms with Gasteiger partial charge in [0.1, 0.15) is 5.01 Å². The molecule has 32 heavy (non-hydrogen) atoms. The fourth-order valence-electron chi connectivity index (χ4n) is 3.43. The molecule has 1 aromatic heterocycles. The number of fused-ring (bicyclic) bond motifs is 1. The molecular formula is C24H21N3O3S2. The highest BCUT2D eigenvalue weighted by Gasteiger charge is 2.28. The standard InChI is InChI=1S/C24H21N3O3S2/c1-15-9-12-19(32(29,30)27-17-10-11-17)14-20(15)23(28)25-18-6-4-5-16(13-18)24-26-21-7-2-3-8-22(21)31-24/h2-9,12-14,17,27H,10-11H2,1H3,(H,25,28). The van der Waals surface area contributed by atoms with Crippen LogP contribution in [0.5, 0.6) is 0 Å². The lowest BCUT2D eigenvalue weighted by atomic mass is 10.1. The summed E-state index contributed by atoms with van der Waals surface area (Å²) in [5.41, 5.74) is 3.50. The predicted octanol–water partition coefficient (Wildman–Crippen LogP) is 4.96. The van der Waals surface area contributed by atoms with E-state index < -0.39 is 10.0 Å². The summed E-state index contributed by atoms with van der Waals surface area (Å²) in [7, 11) is -3.64. The molecule has 0 radical (unpaired) electrons. The lowest BCUT2D eigenvalue weighted by Crippen LogP contribution is -2.26. The minimum absolute atomic E-state index is 0.00355. The van der Waals surface area contributed by atoms with Crippen molar-refractivity contribution in [2.24, 2.45) is 0 Å². The molecule has 0 atom stereocenters. The molecule has 0 spiro atoms. The van der Waals surface area contributed by atoms with Gasteiger partial charge in [-0.05, 0) is 61.7 Å². The third-order valence-corrected chi connectivity index (χ3v) is 7.93. The summed E-state index contributed by atoms with van der Waals surface area (Å²) < 4.78 is 28.9. The van der Waals surface area contributed by atoms with Crippen LogP contribution in [-0.4, -0.2) is 25.4 Å². The number of carbonyl (C=O) groups excluding carboxylic acids is 1. The quantitative estimate of drug-likeness (QED) is 0.423. The van der Waals surface area contributed by atoms with E-state index in [2.05, 4.69) is 15.0 Å². The first-order valence-corrected chi connectivity index (χ1v) is 12.6. The van der Waals surface area contributed by atoms with Gasteiger partial charge in [0.25, 0.3) is 5.91 Å². The van der Waals surface area contributed by atoms with Gasteiger partial charge in [-0.15, -0.1) is 11.3 Å².